The van der Waals surface area contributed by atoms with E-state index in [-0.39, 0.29) is 24.8 Å². The van der Waals surface area contributed by atoms with Gasteiger partial charge >= 0.3 is 0 Å². The minimum Gasteiger partial charge on any atom is -0.367 e. The molecule has 100 valence electrons. The number of halogens is 2. The van der Waals surface area contributed by atoms with Crippen LogP contribution >= 0.6 is 23.2 Å². The molecule has 2 rings (SSSR count). The van der Waals surface area contributed by atoms with Gasteiger partial charge in [0.1, 0.15) is 5.82 Å². The Labute approximate surface area is 119 Å². The van der Waals surface area contributed by atoms with E-state index in [0.29, 0.717) is 15.9 Å². The molecule has 6 nitrogen and oxygen atoms in total. The maximum absolute atomic E-state index is 11.7. The summed E-state index contributed by atoms with van der Waals surface area (Å²) in [5.41, 5.74) is 6.13. The number of nitrogens with one attached hydrogen (secondary N) is 2. The van der Waals surface area contributed by atoms with Crippen molar-refractivity contribution in [2.24, 2.45) is 0 Å². The van der Waals surface area contributed by atoms with Gasteiger partial charge in [0.15, 0.2) is 0 Å². The van der Waals surface area contributed by atoms with Gasteiger partial charge in [0.25, 0.3) is 0 Å². The van der Waals surface area contributed by atoms with Gasteiger partial charge in [-0.3, -0.25) is 9.89 Å². The number of nitrogens with two attached hydrogens (primary N) is 1. The summed E-state index contributed by atoms with van der Waals surface area (Å²) in [5.74, 6) is 0.488. The smallest absolute Gasteiger partial charge is 0.239 e. The Morgan fingerprint density at radius 1 is 1.37 bits per heavy atom. The summed E-state index contributed by atoms with van der Waals surface area (Å²) in [6, 6.07) is 5.07. The molecule has 1 amide bonds. The van der Waals surface area contributed by atoms with Crippen molar-refractivity contribution in [2.45, 2.75) is 13.0 Å². The van der Waals surface area contributed by atoms with Crippen LogP contribution in [-0.4, -0.2) is 21.1 Å². The van der Waals surface area contributed by atoms with Crippen LogP contribution in [0.25, 0.3) is 0 Å². The number of rotatable bonds is 4. The molecule has 0 radical (unpaired) electrons. The second-order valence-electron chi connectivity index (χ2n) is 3.84. The number of anilines is 1. The molecule has 0 fully saturated rings. The largest absolute Gasteiger partial charge is 0.367 e. The average molecular weight is 300 g/mol. The Balaban J connectivity index is 1.88. The fourth-order valence-electron chi connectivity index (χ4n) is 1.47. The third kappa shape index (κ3) is 3.84. The van der Waals surface area contributed by atoms with Crippen LogP contribution in [0.4, 0.5) is 5.95 Å². The van der Waals surface area contributed by atoms with Crippen LogP contribution in [0.15, 0.2) is 18.2 Å². The number of benzene rings is 1. The maximum Gasteiger partial charge on any atom is 0.239 e. The van der Waals surface area contributed by atoms with E-state index in [1.165, 1.54) is 0 Å². The second-order valence-corrected chi connectivity index (χ2v) is 4.66. The SMILES string of the molecule is Nc1n[nH]c(CNC(=O)Cc2ccc(Cl)c(Cl)c2)n1. The first kappa shape index (κ1) is 13.6. The molecule has 0 aliphatic carbocycles. The van der Waals surface area contributed by atoms with Gasteiger partial charge in [-0.2, -0.15) is 4.98 Å². The number of carbonyl (C=O) groups excluding carboxylic acids is 1. The highest BCUT2D eigenvalue weighted by molar-refractivity contribution is 6.42. The molecule has 0 unspecified atom stereocenters. The number of hydrogen-bond acceptors (Lipinski definition) is 4. The lowest BCUT2D eigenvalue weighted by atomic mass is 10.1. The van der Waals surface area contributed by atoms with Gasteiger partial charge in [-0.25, -0.2) is 0 Å². The molecule has 1 aromatic carbocycles. The standard InChI is InChI=1S/C11H11Cl2N5O/c12-7-2-1-6(3-8(7)13)4-10(19)15-5-9-16-11(14)18-17-9/h1-3H,4-5H2,(H,15,19)(H3,14,16,17,18). The summed E-state index contributed by atoms with van der Waals surface area (Å²) in [7, 11) is 0. The zero-order chi connectivity index (χ0) is 13.8. The normalized spacial score (nSPS) is 10.4. The van der Waals surface area contributed by atoms with Crippen LogP contribution in [0.3, 0.4) is 0 Å². The molecule has 1 heterocycles. The predicted molar refractivity (Wildman–Crippen MR) is 72.8 cm³/mol. The average Bonchev–Trinajstić information content (AvgIpc) is 2.77. The highest BCUT2D eigenvalue weighted by Crippen LogP contribution is 2.22. The maximum atomic E-state index is 11.7. The summed E-state index contributed by atoms with van der Waals surface area (Å²) in [6.07, 6.45) is 0.209. The predicted octanol–water partition coefficient (Wildman–Crippen LogP) is 1.55. The Hall–Kier alpha value is -1.79. The number of H-pyrrole nitrogens is 1. The van der Waals surface area contributed by atoms with Gasteiger partial charge in [-0.1, -0.05) is 29.3 Å². The van der Waals surface area contributed by atoms with Crippen molar-refractivity contribution >= 4 is 35.1 Å². The lowest BCUT2D eigenvalue weighted by molar-refractivity contribution is -0.120. The van der Waals surface area contributed by atoms with E-state index in [4.69, 9.17) is 28.9 Å². The first-order chi connectivity index (χ1) is 9.04. The number of aromatic amines is 1. The van der Waals surface area contributed by atoms with Crippen molar-refractivity contribution in [1.29, 1.82) is 0 Å². The molecule has 4 N–H and O–H groups in total. The van der Waals surface area contributed by atoms with Crippen molar-refractivity contribution < 1.29 is 4.79 Å². The number of nitrogen functional groups attached to an aromatic ring is 1. The quantitative estimate of drug-likeness (QED) is 0.798. The fourth-order valence-corrected chi connectivity index (χ4v) is 1.79. The van der Waals surface area contributed by atoms with Crippen LogP contribution in [0.2, 0.25) is 10.0 Å². The van der Waals surface area contributed by atoms with Gasteiger partial charge in [-0.05, 0) is 17.7 Å². The topological polar surface area (TPSA) is 96.7 Å². The van der Waals surface area contributed by atoms with E-state index in [2.05, 4.69) is 20.5 Å². The summed E-state index contributed by atoms with van der Waals surface area (Å²) < 4.78 is 0. The van der Waals surface area contributed by atoms with Crippen molar-refractivity contribution in [3.8, 4) is 0 Å². The van der Waals surface area contributed by atoms with Gasteiger partial charge < -0.3 is 11.1 Å². The van der Waals surface area contributed by atoms with E-state index in [1.807, 2.05) is 0 Å². The molecule has 0 aliphatic heterocycles. The summed E-state index contributed by atoms with van der Waals surface area (Å²) in [4.78, 5) is 15.6. The highest BCUT2D eigenvalue weighted by atomic mass is 35.5. The fraction of sp³-hybridized carbons (Fsp3) is 0.182. The Kier molecular flexibility index (Phi) is 4.24. The van der Waals surface area contributed by atoms with E-state index >= 15 is 0 Å². The van der Waals surface area contributed by atoms with Crippen molar-refractivity contribution in [2.75, 3.05) is 5.73 Å². The van der Waals surface area contributed by atoms with Gasteiger partial charge in [0.2, 0.25) is 11.9 Å². The number of hydrogen-bond donors (Lipinski definition) is 3. The Morgan fingerprint density at radius 2 is 2.16 bits per heavy atom. The van der Waals surface area contributed by atoms with Gasteiger partial charge in [0, 0.05) is 0 Å². The first-order valence-corrected chi connectivity index (χ1v) is 6.17. The highest BCUT2D eigenvalue weighted by Gasteiger charge is 2.07. The number of carbonyl (C=O) groups is 1. The number of aromatic nitrogens is 3. The second kappa shape index (κ2) is 5.90. The minimum atomic E-state index is -0.159. The van der Waals surface area contributed by atoms with Crippen LogP contribution < -0.4 is 11.1 Å². The van der Waals surface area contributed by atoms with Crippen LogP contribution in [-0.2, 0) is 17.8 Å². The molecular formula is C11H11Cl2N5O. The molecule has 0 bridgehead atoms. The summed E-state index contributed by atoms with van der Waals surface area (Å²) >= 11 is 11.7. The lowest BCUT2D eigenvalue weighted by Crippen LogP contribution is -2.25. The molecule has 0 atom stereocenters. The molecule has 0 spiro atoms. The third-order valence-corrected chi connectivity index (χ3v) is 3.09. The molecule has 2 aromatic rings. The number of nitrogens with zero attached hydrogens (tertiary/aromatic N) is 2. The Morgan fingerprint density at radius 3 is 2.79 bits per heavy atom. The van der Waals surface area contributed by atoms with E-state index in [9.17, 15) is 4.79 Å². The molecule has 1 aromatic heterocycles. The third-order valence-electron chi connectivity index (χ3n) is 2.35. The zero-order valence-electron chi connectivity index (χ0n) is 9.78. The van der Waals surface area contributed by atoms with Crippen LogP contribution in [0, 0.1) is 0 Å². The van der Waals surface area contributed by atoms with Crippen molar-refractivity contribution in [3.63, 3.8) is 0 Å². The van der Waals surface area contributed by atoms with Crippen LogP contribution in [0.1, 0.15) is 11.4 Å². The first-order valence-electron chi connectivity index (χ1n) is 5.42. The lowest BCUT2D eigenvalue weighted by Gasteiger charge is -2.04. The summed E-state index contributed by atoms with van der Waals surface area (Å²) in [6.45, 7) is 0.240. The van der Waals surface area contributed by atoms with Crippen molar-refractivity contribution in [3.05, 3.63) is 39.6 Å². The zero-order valence-corrected chi connectivity index (χ0v) is 11.3. The molecular weight excluding hydrogens is 289 g/mol. The monoisotopic (exact) mass is 299 g/mol. The van der Waals surface area contributed by atoms with E-state index in [0.717, 1.165) is 5.56 Å². The summed E-state index contributed by atoms with van der Waals surface area (Å²) in [5, 5.41) is 9.84. The van der Waals surface area contributed by atoms with E-state index in [1.54, 1.807) is 18.2 Å². The van der Waals surface area contributed by atoms with E-state index < -0.39 is 0 Å². The van der Waals surface area contributed by atoms with Gasteiger partial charge in [0.05, 0.1) is 23.0 Å². The molecule has 19 heavy (non-hydrogen) atoms. The minimum absolute atomic E-state index is 0.147. The van der Waals surface area contributed by atoms with Crippen LogP contribution in [0.5, 0.6) is 0 Å². The molecule has 0 aliphatic rings. The van der Waals surface area contributed by atoms with Crippen molar-refractivity contribution in [1.82, 2.24) is 20.5 Å². The number of amides is 1. The molecule has 0 saturated carbocycles. The molecule has 8 heteroatoms. The Bertz CT molecular complexity index is 599. The molecule has 0 saturated heterocycles. The van der Waals surface area contributed by atoms with Gasteiger partial charge in [-0.15, -0.1) is 5.10 Å².